The zero-order valence-corrected chi connectivity index (χ0v) is 20.9. The van der Waals surface area contributed by atoms with E-state index in [2.05, 4.69) is 16.1 Å². The minimum atomic E-state index is -0.375. The summed E-state index contributed by atoms with van der Waals surface area (Å²) in [6.45, 7) is 10.0. The molecule has 0 aliphatic carbocycles. The Morgan fingerprint density at radius 1 is 1.09 bits per heavy atom. The van der Waals surface area contributed by atoms with Crippen LogP contribution in [0.25, 0.3) is 21.8 Å². The topological polar surface area (TPSA) is 74.4 Å². The number of carbonyl (C=O) groups is 1. The van der Waals surface area contributed by atoms with E-state index in [1.54, 1.807) is 24.1 Å². The van der Waals surface area contributed by atoms with Gasteiger partial charge in [-0.15, -0.1) is 0 Å². The van der Waals surface area contributed by atoms with Gasteiger partial charge in [0.05, 0.1) is 22.4 Å². The average Bonchev–Trinajstić information content (AvgIpc) is 3.10. The SMILES string of the molecule is Cc1cc(OC(=O)CC(C)(C)C)c(C)c2c1c1ccccc1n2SCc1cccc([N+](=O)[O-])c1. The fraction of sp³-hybridized carbons (Fsp3) is 0.296. The minimum absolute atomic E-state index is 0.0837. The number of hydrogen-bond donors (Lipinski definition) is 0. The number of nitrogens with zero attached hydrogens (tertiary/aromatic N) is 2. The second-order valence-electron chi connectivity index (χ2n) is 9.76. The summed E-state index contributed by atoms with van der Waals surface area (Å²) in [4.78, 5) is 23.4. The smallest absolute Gasteiger partial charge is 0.311 e. The van der Waals surface area contributed by atoms with Gasteiger partial charge in [-0.2, -0.15) is 0 Å². The van der Waals surface area contributed by atoms with Crippen molar-refractivity contribution in [1.29, 1.82) is 0 Å². The number of ether oxygens (including phenoxy) is 1. The zero-order chi connectivity index (χ0) is 24.6. The molecule has 0 fully saturated rings. The van der Waals surface area contributed by atoms with Gasteiger partial charge in [-0.25, -0.2) is 0 Å². The summed E-state index contributed by atoms with van der Waals surface area (Å²) in [6, 6.07) is 16.8. The predicted molar refractivity (Wildman–Crippen MR) is 138 cm³/mol. The molecule has 0 spiro atoms. The zero-order valence-electron chi connectivity index (χ0n) is 20.0. The molecule has 3 aromatic carbocycles. The van der Waals surface area contributed by atoms with Gasteiger partial charge in [0.1, 0.15) is 5.75 Å². The second-order valence-corrected chi connectivity index (χ2v) is 10.7. The van der Waals surface area contributed by atoms with Crippen molar-refractivity contribution in [2.45, 2.75) is 46.8 Å². The van der Waals surface area contributed by atoms with Crippen molar-refractivity contribution in [1.82, 2.24) is 3.97 Å². The first kappa shape index (κ1) is 23.8. The molecule has 0 aliphatic rings. The molecule has 0 N–H and O–H groups in total. The number of para-hydroxylation sites is 1. The molecule has 1 heterocycles. The number of carbonyl (C=O) groups excluding carboxylic acids is 1. The lowest BCUT2D eigenvalue weighted by Gasteiger charge is -2.18. The Morgan fingerprint density at radius 2 is 1.82 bits per heavy atom. The quantitative estimate of drug-likeness (QED) is 0.126. The maximum absolute atomic E-state index is 12.6. The molecule has 0 saturated heterocycles. The number of benzene rings is 3. The van der Waals surface area contributed by atoms with Gasteiger partial charge in [-0.3, -0.25) is 18.9 Å². The Morgan fingerprint density at radius 3 is 2.53 bits per heavy atom. The summed E-state index contributed by atoms with van der Waals surface area (Å²) in [6.07, 6.45) is 0.327. The molecule has 1 aromatic heterocycles. The highest BCUT2D eigenvalue weighted by Gasteiger charge is 2.22. The number of aromatic nitrogens is 1. The van der Waals surface area contributed by atoms with Gasteiger partial charge in [0.25, 0.3) is 5.69 Å². The van der Waals surface area contributed by atoms with Crippen LogP contribution >= 0.6 is 11.9 Å². The number of fused-ring (bicyclic) bond motifs is 3. The largest absolute Gasteiger partial charge is 0.426 e. The number of hydrogen-bond acceptors (Lipinski definition) is 5. The highest BCUT2D eigenvalue weighted by atomic mass is 32.2. The van der Waals surface area contributed by atoms with Crippen LogP contribution in [-0.4, -0.2) is 14.9 Å². The van der Waals surface area contributed by atoms with Crippen LogP contribution in [0.2, 0.25) is 0 Å². The van der Waals surface area contributed by atoms with Crippen molar-refractivity contribution in [3.05, 3.63) is 81.4 Å². The van der Waals surface area contributed by atoms with Gasteiger partial charge in [0.15, 0.2) is 0 Å². The summed E-state index contributed by atoms with van der Waals surface area (Å²) in [5.41, 5.74) is 4.77. The number of nitro groups is 1. The minimum Gasteiger partial charge on any atom is -0.426 e. The fourth-order valence-electron chi connectivity index (χ4n) is 4.18. The Balaban J connectivity index is 1.80. The summed E-state index contributed by atoms with van der Waals surface area (Å²) in [5, 5.41) is 13.4. The third-order valence-corrected chi connectivity index (χ3v) is 6.78. The molecule has 4 rings (SSSR count). The fourth-order valence-corrected chi connectivity index (χ4v) is 5.29. The average molecular weight is 477 g/mol. The second kappa shape index (κ2) is 9.14. The van der Waals surface area contributed by atoms with Crippen LogP contribution in [0.1, 0.15) is 43.9 Å². The standard InChI is InChI=1S/C27H28N2O4S/c1-17-13-23(33-24(30)15-27(3,4)5)18(2)26-25(17)21-11-6-7-12-22(21)28(26)34-16-19-9-8-10-20(14-19)29(31)32/h6-14H,15-16H2,1-5H3. The molecule has 176 valence electrons. The Labute approximate surface area is 203 Å². The van der Waals surface area contributed by atoms with E-state index in [0.717, 1.165) is 38.5 Å². The molecule has 0 bridgehead atoms. The number of esters is 1. The highest BCUT2D eigenvalue weighted by Crippen LogP contribution is 2.40. The molecule has 4 aromatic rings. The number of non-ortho nitro benzene ring substituents is 1. The maximum Gasteiger partial charge on any atom is 0.311 e. The Bertz CT molecular complexity index is 1420. The van der Waals surface area contributed by atoms with Gasteiger partial charge in [0, 0.05) is 34.2 Å². The van der Waals surface area contributed by atoms with E-state index < -0.39 is 0 Å². The Hall–Kier alpha value is -3.32. The first-order valence-corrected chi connectivity index (χ1v) is 12.1. The molecule has 0 aliphatic heterocycles. The van der Waals surface area contributed by atoms with E-state index in [1.165, 1.54) is 6.07 Å². The van der Waals surface area contributed by atoms with Crippen LogP contribution in [0.3, 0.4) is 0 Å². The van der Waals surface area contributed by atoms with Crippen LogP contribution in [0.15, 0.2) is 54.6 Å². The lowest BCUT2D eigenvalue weighted by Crippen LogP contribution is -2.18. The molecule has 34 heavy (non-hydrogen) atoms. The van der Waals surface area contributed by atoms with E-state index in [4.69, 9.17) is 4.74 Å². The maximum atomic E-state index is 12.6. The molecule has 7 heteroatoms. The summed E-state index contributed by atoms with van der Waals surface area (Å²) < 4.78 is 7.99. The third-order valence-electron chi connectivity index (χ3n) is 5.68. The lowest BCUT2D eigenvalue weighted by atomic mass is 9.92. The van der Waals surface area contributed by atoms with Crippen LogP contribution in [0, 0.1) is 29.4 Å². The van der Waals surface area contributed by atoms with Gasteiger partial charge in [-0.1, -0.05) is 51.1 Å². The molecule has 0 atom stereocenters. The van der Waals surface area contributed by atoms with Gasteiger partial charge < -0.3 is 4.74 Å². The summed E-state index contributed by atoms with van der Waals surface area (Å²) >= 11 is 1.57. The molecular formula is C27H28N2O4S. The van der Waals surface area contributed by atoms with Crippen LogP contribution in [-0.2, 0) is 10.5 Å². The van der Waals surface area contributed by atoms with Crippen molar-refractivity contribution in [3.8, 4) is 5.75 Å². The highest BCUT2D eigenvalue weighted by molar-refractivity contribution is 7.97. The molecule has 0 saturated carbocycles. The van der Waals surface area contributed by atoms with Crippen molar-refractivity contribution < 1.29 is 14.5 Å². The van der Waals surface area contributed by atoms with E-state index in [-0.39, 0.29) is 22.0 Å². The molecular weight excluding hydrogens is 448 g/mol. The first-order valence-electron chi connectivity index (χ1n) is 11.2. The first-order chi connectivity index (χ1) is 16.0. The number of aryl methyl sites for hydroxylation is 2. The Kier molecular flexibility index (Phi) is 6.41. The van der Waals surface area contributed by atoms with Crippen LogP contribution in [0.4, 0.5) is 5.69 Å². The third kappa shape index (κ3) is 4.80. The van der Waals surface area contributed by atoms with Gasteiger partial charge >= 0.3 is 5.97 Å². The van der Waals surface area contributed by atoms with Gasteiger partial charge in [0.2, 0.25) is 0 Å². The number of rotatable bonds is 6. The van der Waals surface area contributed by atoms with Crippen molar-refractivity contribution in [2.24, 2.45) is 5.41 Å². The van der Waals surface area contributed by atoms with Crippen LogP contribution in [0.5, 0.6) is 5.75 Å². The summed E-state index contributed by atoms with van der Waals surface area (Å²) in [5.74, 6) is 0.877. The molecule has 6 nitrogen and oxygen atoms in total. The lowest BCUT2D eigenvalue weighted by molar-refractivity contribution is -0.384. The normalized spacial score (nSPS) is 11.8. The van der Waals surface area contributed by atoms with Crippen molar-refractivity contribution >= 4 is 45.4 Å². The summed E-state index contributed by atoms with van der Waals surface area (Å²) in [7, 11) is 0. The van der Waals surface area contributed by atoms with E-state index in [1.807, 2.05) is 58.9 Å². The van der Waals surface area contributed by atoms with Crippen molar-refractivity contribution in [2.75, 3.05) is 0 Å². The number of nitro benzene ring substituents is 1. The van der Waals surface area contributed by atoms with Crippen molar-refractivity contribution in [3.63, 3.8) is 0 Å². The van der Waals surface area contributed by atoms with E-state index in [9.17, 15) is 14.9 Å². The molecule has 0 radical (unpaired) electrons. The molecule has 0 amide bonds. The van der Waals surface area contributed by atoms with E-state index >= 15 is 0 Å². The van der Waals surface area contributed by atoms with E-state index in [0.29, 0.717) is 17.9 Å². The monoisotopic (exact) mass is 476 g/mol. The van der Waals surface area contributed by atoms with Gasteiger partial charge in [-0.05, 0) is 54.5 Å². The predicted octanol–water partition coefficient (Wildman–Crippen LogP) is 7.36. The van der Waals surface area contributed by atoms with Crippen LogP contribution < -0.4 is 4.74 Å². The molecule has 0 unspecified atom stereocenters.